The third-order valence-electron chi connectivity index (χ3n) is 7.28. The van der Waals surface area contributed by atoms with Crippen LogP contribution in [0.3, 0.4) is 0 Å². The number of hydrogen-bond donors (Lipinski definition) is 0. The second-order valence-electron chi connectivity index (χ2n) is 11.0. The molecule has 0 saturated heterocycles. The largest absolute Gasteiger partial charge is 0.457 e. The minimum absolute atomic E-state index is 0.0534. The second-order valence-corrected chi connectivity index (χ2v) is 11.0. The van der Waals surface area contributed by atoms with E-state index in [1.54, 1.807) is 0 Å². The van der Waals surface area contributed by atoms with E-state index in [2.05, 4.69) is 52.2 Å². The van der Waals surface area contributed by atoms with Crippen molar-refractivity contribution in [2.45, 2.75) is 110 Å². The zero-order chi connectivity index (χ0) is 26.8. The number of carbonyl (C=O) groups excluding carboxylic acids is 1. The summed E-state index contributed by atoms with van der Waals surface area (Å²) in [6, 6.07) is 18.3. The zero-order valence-electron chi connectivity index (χ0n) is 24.1. The number of quaternary nitrogens is 1. The van der Waals surface area contributed by atoms with Crippen LogP contribution in [-0.4, -0.2) is 37.4 Å². The molecule has 0 aliphatic carbocycles. The van der Waals surface area contributed by atoms with Crippen molar-refractivity contribution in [3.05, 3.63) is 65.7 Å². The molecule has 0 radical (unpaired) electrons. The fraction of sp³-hybridized carbons (Fsp3) is 0.606. The average Bonchev–Trinajstić information content (AvgIpc) is 2.89. The van der Waals surface area contributed by atoms with Gasteiger partial charge in [-0.15, -0.1) is 0 Å². The van der Waals surface area contributed by atoms with Gasteiger partial charge in [-0.1, -0.05) is 114 Å². The van der Waals surface area contributed by atoms with Crippen molar-refractivity contribution < 1.29 is 18.8 Å². The van der Waals surface area contributed by atoms with Gasteiger partial charge in [-0.25, -0.2) is 4.79 Å². The average molecular weight is 511 g/mol. The molecule has 0 saturated carbocycles. The maximum Gasteiger partial charge on any atom is 0.367 e. The highest BCUT2D eigenvalue weighted by Gasteiger charge is 2.35. The van der Waals surface area contributed by atoms with Gasteiger partial charge in [0, 0.05) is 12.0 Å². The van der Waals surface area contributed by atoms with Crippen molar-refractivity contribution in [2.75, 3.05) is 20.9 Å². The van der Waals surface area contributed by atoms with Crippen LogP contribution >= 0.6 is 0 Å². The van der Waals surface area contributed by atoms with E-state index in [1.807, 2.05) is 30.3 Å². The molecule has 0 fully saturated rings. The van der Waals surface area contributed by atoms with Gasteiger partial charge in [0.25, 0.3) is 0 Å². The van der Waals surface area contributed by atoms with E-state index in [0.29, 0.717) is 4.48 Å². The Morgan fingerprint density at radius 1 is 0.730 bits per heavy atom. The van der Waals surface area contributed by atoms with Gasteiger partial charge in [-0.05, 0) is 37.0 Å². The molecule has 2 aromatic rings. The van der Waals surface area contributed by atoms with Gasteiger partial charge >= 0.3 is 5.97 Å². The van der Waals surface area contributed by atoms with Crippen molar-refractivity contribution in [3.8, 4) is 5.75 Å². The van der Waals surface area contributed by atoms with E-state index in [1.165, 1.54) is 75.3 Å². The number of unbranched alkanes of at least 4 members (excludes halogenated alkanes) is 9. The Balaban J connectivity index is 1.67. The van der Waals surface area contributed by atoms with E-state index in [4.69, 9.17) is 9.47 Å². The highest BCUT2D eigenvalue weighted by Crippen LogP contribution is 2.20. The third-order valence-corrected chi connectivity index (χ3v) is 7.28. The predicted molar refractivity (Wildman–Crippen MR) is 155 cm³/mol. The molecule has 206 valence electrons. The van der Waals surface area contributed by atoms with Crippen LogP contribution in [0.25, 0.3) is 0 Å². The minimum Gasteiger partial charge on any atom is -0.457 e. The maximum absolute atomic E-state index is 13.0. The molecule has 4 heteroatoms. The number of hydrogen-bond acceptors (Lipinski definition) is 3. The number of carbonyl (C=O) groups is 1. The Morgan fingerprint density at radius 2 is 1.32 bits per heavy atom. The number of ether oxygens (including phenoxy) is 2. The smallest absolute Gasteiger partial charge is 0.367 e. The minimum atomic E-state index is -0.225. The zero-order valence-corrected chi connectivity index (χ0v) is 24.1. The molecule has 0 aliphatic heterocycles. The molecular weight excluding hydrogens is 458 g/mol. The number of likely N-dealkylation sites (N-methyl/N-ethyl adjacent to an activating group) is 1. The van der Waals surface area contributed by atoms with Crippen LogP contribution in [0.2, 0.25) is 0 Å². The topological polar surface area (TPSA) is 35.5 Å². The summed E-state index contributed by atoms with van der Waals surface area (Å²) in [5, 5.41) is 0. The Kier molecular flexibility index (Phi) is 15.0. The molecule has 0 heterocycles. The van der Waals surface area contributed by atoms with Crippen LogP contribution in [0.5, 0.6) is 5.75 Å². The molecule has 0 aromatic heterocycles. The first-order valence-electron chi connectivity index (χ1n) is 14.7. The van der Waals surface area contributed by atoms with Gasteiger partial charge in [-0.3, -0.25) is 0 Å². The Labute approximate surface area is 227 Å². The molecule has 1 atom stereocenters. The first-order chi connectivity index (χ1) is 18.0. The number of nitrogens with zero attached hydrogens (tertiary/aromatic N) is 1. The maximum atomic E-state index is 13.0. The van der Waals surface area contributed by atoms with E-state index >= 15 is 0 Å². The summed E-state index contributed by atoms with van der Waals surface area (Å²) in [4.78, 5) is 13.0. The molecule has 1 unspecified atom stereocenters. The summed E-state index contributed by atoms with van der Waals surface area (Å²) in [6.45, 7) is 5.11. The first-order valence-corrected chi connectivity index (χ1v) is 14.7. The second kappa shape index (κ2) is 18.0. The molecule has 0 bridgehead atoms. The Morgan fingerprint density at radius 3 is 1.92 bits per heavy atom. The van der Waals surface area contributed by atoms with Crippen LogP contribution in [-0.2, 0) is 22.5 Å². The van der Waals surface area contributed by atoms with E-state index in [9.17, 15) is 4.79 Å². The number of benzene rings is 2. The molecule has 0 aliphatic rings. The first kappa shape index (κ1) is 30.9. The van der Waals surface area contributed by atoms with Crippen LogP contribution in [0, 0.1) is 0 Å². The highest BCUT2D eigenvalue weighted by molar-refractivity contribution is 5.74. The summed E-state index contributed by atoms with van der Waals surface area (Å²) in [6.07, 6.45) is 16.4. The SMILES string of the molecule is CCCCCCCCCCCCc1ccc(OCOC(=O)C(CCC)[N+](C)(C)Cc2ccccc2)cc1. The highest BCUT2D eigenvalue weighted by atomic mass is 16.7. The van der Waals surface area contributed by atoms with Crippen molar-refractivity contribution in [3.63, 3.8) is 0 Å². The molecule has 37 heavy (non-hydrogen) atoms. The monoisotopic (exact) mass is 510 g/mol. The number of esters is 1. The molecular formula is C33H52NO3+. The molecule has 0 amide bonds. The van der Waals surface area contributed by atoms with Crippen LogP contribution in [0.4, 0.5) is 0 Å². The van der Waals surface area contributed by atoms with Crippen LogP contribution in [0.1, 0.15) is 102 Å². The summed E-state index contributed by atoms with van der Waals surface area (Å²) in [7, 11) is 4.20. The van der Waals surface area contributed by atoms with Crippen molar-refractivity contribution >= 4 is 5.97 Å². The standard InChI is InChI=1S/C33H52NO3/c1-5-7-8-9-10-11-12-13-14-16-20-29-23-25-31(26-24-29)36-28-37-33(35)32(19-6-2)34(3,4)27-30-21-17-15-18-22-30/h15,17-18,21-26,32H,5-14,16,19-20,27-28H2,1-4H3/q+1. The quantitative estimate of drug-likeness (QED) is 0.0775. The predicted octanol–water partition coefficient (Wildman–Crippen LogP) is 8.47. The molecule has 4 nitrogen and oxygen atoms in total. The van der Waals surface area contributed by atoms with Gasteiger partial charge in [-0.2, -0.15) is 0 Å². The van der Waals surface area contributed by atoms with Gasteiger partial charge in [0.15, 0.2) is 6.04 Å². The molecule has 0 N–H and O–H groups in total. The van der Waals surface area contributed by atoms with Crippen molar-refractivity contribution in [2.24, 2.45) is 0 Å². The van der Waals surface area contributed by atoms with Crippen molar-refractivity contribution in [1.82, 2.24) is 0 Å². The van der Waals surface area contributed by atoms with E-state index in [0.717, 1.165) is 31.6 Å². The van der Waals surface area contributed by atoms with Crippen LogP contribution < -0.4 is 4.74 Å². The van der Waals surface area contributed by atoms with Gasteiger partial charge in [0.1, 0.15) is 12.3 Å². The third kappa shape index (κ3) is 12.6. The fourth-order valence-corrected chi connectivity index (χ4v) is 5.01. The lowest BCUT2D eigenvalue weighted by Gasteiger charge is -2.36. The normalized spacial score (nSPS) is 12.3. The lowest BCUT2D eigenvalue weighted by atomic mass is 10.0. The van der Waals surface area contributed by atoms with Crippen LogP contribution in [0.15, 0.2) is 54.6 Å². The number of aryl methyl sites for hydroxylation is 1. The summed E-state index contributed by atoms with van der Waals surface area (Å²) in [5.74, 6) is 0.546. The summed E-state index contributed by atoms with van der Waals surface area (Å²) in [5.41, 5.74) is 2.56. The lowest BCUT2D eigenvalue weighted by molar-refractivity contribution is -0.920. The Hall–Kier alpha value is -2.33. The van der Waals surface area contributed by atoms with E-state index < -0.39 is 0 Å². The van der Waals surface area contributed by atoms with Gasteiger partial charge in [0.05, 0.1) is 14.1 Å². The molecule has 2 aromatic carbocycles. The van der Waals surface area contributed by atoms with Crippen molar-refractivity contribution in [1.29, 1.82) is 0 Å². The fourth-order valence-electron chi connectivity index (χ4n) is 5.01. The summed E-state index contributed by atoms with van der Waals surface area (Å²) < 4.78 is 11.9. The van der Waals surface area contributed by atoms with E-state index in [-0.39, 0.29) is 18.8 Å². The lowest BCUT2D eigenvalue weighted by Crippen LogP contribution is -2.53. The molecule has 2 rings (SSSR count). The molecule has 0 spiro atoms. The van der Waals surface area contributed by atoms with Gasteiger partial charge in [0.2, 0.25) is 6.79 Å². The number of rotatable bonds is 20. The van der Waals surface area contributed by atoms with Gasteiger partial charge < -0.3 is 14.0 Å². The summed E-state index contributed by atoms with van der Waals surface area (Å²) >= 11 is 0. The Bertz CT molecular complexity index is 848.